The average molecular weight is 219 g/mol. The summed E-state index contributed by atoms with van der Waals surface area (Å²) in [5, 5.41) is 15.7. The molecule has 84 valence electrons. The van der Waals surface area contributed by atoms with E-state index >= 15 is 0 Å². The summed E-state index contributed by atoms with van der Waals surface area (Å²) in [5.74, 6) is -0.817. The highest BCUT2D eigenvalue weighted by molar-refractivity contribution is 6.34. The molecule has 1 rings (SSSR count). The molecule has 0 saturated carbocycles. The second-order valence-electron chi connectivity index (χ2n) is 3.24. The fraction of sp³-hybridized carbons (Fsp3) is 0.182. The van der Waals surface area contributed by atoms with Gasteiger partial charge in [0.15, 0.2) is 0 Å². The van der Waals surface area contributed by atoms with Crippen LogP contribution in [0.2, 0.25) is 0 Å². The lowest BCUT2D eigenvalue weighted by Crippen LogP contribution is -2.15. The molecular weight excluding hydrogens is 206 g/mol. The van der Waals surface area contributed by atoms with Gasteiger partial charge in [-0.25, -0.2) is 4.79 Å². The van der Waals surface area contributed by atoms with Crippen molar-refractivity contribution in [1.29, 1.82) is 0 Å². The summed E-state index contributed by atoms with van der Waals surface area (Å²) in [7, 11) is 0. The van der Waals surface area contributed by atoms with E-state index in [-0.39, 0.29) is 11.5 Å². The zero-order valence-corrected chi connectivity index (χ0v) is 8.92. The van der Waals surface area contributed by atoms with E-state index in [4.69, 9.17) is 10.8 Å². The van der Waals surface area contributed by atoms with E-state index in [2.05, 4.69) is 10.2 Å². The fourth-order valence-corrected chi connectivity index (χ4v) is 1.02. The van der Waals surface area contributed by atoms with Crippen LogP contribution in [0.1, 0.15) is 12.5 Å². The van der Waals surface area contributed by atoms with Crippen molar-refractivity contribution in [3.05, 3.63) is 35.9 Å². The predicted octanol–water partition coefficient (Wildman–Crippen LogP) is 1.05. The molecule has 0 aliphatic carbocycles. The van der Waals surface area contributed by atoms with E-state index in [0.29, 0.717) is 6.42 Å². The minimum atomic E-state index is -1.10. The second-order valence-corrected chi connectivity index (χ2v) is 3.24. The van der Waals surface area contributed by atoms with E-state index in [9.17, 15) is 4.79 Å². The summed E-state index contributed by atoms with van der Waals surface area (Å²) in [6.45, 7) is 1.36. The number of carbonyl (C=O) groups is 1. The van der Waals surface area contributed by atoms with Gasteiger partial charge in [0.2, 0.25) is 0 Å². The Bertz CT molecular complexity index is 424. The molecule has 16 heavy (non-hydrogen) atoms. The van der Waals surface area contributed by atoms with Gasteiger partial charge in [-0.2, -0.15) is 0 Å². The van der Waals surface area contributed by atoms with Gasteiger partial charge in [0.05, 0.1) is 0 Å². The van der Waals surface area contributed by atoms with Crippen molar-refractivity contribution < 1.29 is 9.90 Å². The predicted molar refractivity (Wildman–Crippen MR) is 62.5 cm³/mol. The topological polar surface area (TPSA) is 88.0 Å². The van der Waals surface area contributed by atoms with Crippen molar-refractivity contribution in [3.63, 3.8) is 0 Å². The minimum absolute atomic E-state index is 0.0870. The van der Waals surface area contributed by atoms with Crippen LogP contribution >= 0.6 is 0 Å². The van der Waals surface area contributed by atoms with Crippen LogP contribution in [0.3, 0.4) is 0 Å². The largest absolute Gasteiger partial charge is 0.477 e. The average Bonchev–Trinajstić information content (AvgIpc) is 2.27. The van der Waals surface area contributed by atoms with Crippen LogP contribution in [-0.2, 0) is 11.2 Å². The van der Waals surface area contributed by atoms with Crippen LogP contribution in [0.5, 0.6) is 0 Å². The summed E-state index contributed by atoms with van der Waals surface area (Å²) in [4.78, 5) is 10.4. The van der Waals surface area contributed by atoms with Crippen molar-refractivity contribution in [2.24, 2.45) is 15.9 Å². The zero-order valence-electron chi connectivity index (χ0n) is 8.92. The van der Waals surface area contributed by atoms with Gasteiger partial charge in [0, 0.05) is 6.42 Å². The maximum atomic E-state index is 10.4. The number of hydrogen-bond donors (Lipinski definition) is 2. The number of nitrogens with zero attached hydrogens (tertiary/aromatic N) is 2. The summed E-state index contributed by atoms with van der Waals surface area (Å²) in [6.07, 6.45) is 0.456. The third-order valence-electron chi connectivity index (χ3n) is 1.87. The Balaban J connectivity index is 2.66. The highest BCUT2D eigenvalue weighted by atomic mass is 16.4. The first-order valence-electron chi connectivity index (χ1n) is 4.73. The normalized spacial score (nSPS) is 12.6. The second kappa shape index (κ2) is 5.65. The number of benzene rings is 1. The Morgan fingerprint density at radius 3 is 2.50 bits per heavy atom. The Kier molecular flexibility index (Phi) is 4.20. The van der Waals surface area contributed by atoms with Gasteiger partial charge in [-0.3, -0.25) is 0 Å². The van der Waals surface area contributed by atoms with Crippen molar-refractivity contribution in [2.75, 3.05) is 0 Å². The molecular formula is C11H13N3O2. The molecule has 0 saturated heterocycles. The van der Waals surface area contributed by atoms with Crippen molar-refractivity contribution in [3.8, 4) is 0 Å². The van der Waals surface area contributed by atoms with Gasteiger partial charge in [0.25, 0.3) is 0 Å². The van der Waals surface area contributed by atoms with Crippen LogP contribution in [-0.4, -0.2) is 22.6 Å². The molecule has 0 heterocycles. The molecule has 0 aliphatic heterocycles. The van der Waals surface area contributed by atoms with Gasteiger partial charge in [-0.05, 0) is 12.5 Å². The van der Waals surface area contributed by atoms with Crippen LogP contribution in [0.25, 0.3) is 0 Å². The first-order valence-corrected chi connectivity index (χ1v) is 4.73. The molecule has 1 aromatic carbocycles. The Hall–Kier alpha value is -2.17. The summed E-state index contributed by atoms with van der Waals surface area (Å²) in [5.41, 5.74) is 6.52. The number of carboxylic acids is 1. The van der Waals surface area contributed by atoms with E-state index in [1.165, 1.54) is 6.92 Å². The highest BCUT2D eigenvalue weighted by Crippen LogP contribution is 1.99. The van der Waals surface area contributed by atoms with Crippen molar-refractivity contribution in [2.45, 2.75) is 13.3 Å². The molecule has 3 N–H and O–H groups in total. The monoisotopic (exact) mass is 219 g/mol. The zero-order chi connectivity index (χ0) is 12.0. The minimum Gasteiger partial charge on any atom is -0.477 e. The Labute approximate surface area is 93.3 Å². The van der Waals surface area contributed by atoms with Crippen molar-refractivity contribution in [1.82, 2.24) is 0 Å². The third kappa shape index (κ3) is 3.91. The molecule has 0 radical (unpaired) electrons. The molecule has 0 amide bonds. The molecule has 5 nitrogen and oxygen atoms in total. The molecule has 0 aromatic heterocycles. The molecule has 0 bridgehead atoms. The summed E-state index contributed by atoms with van der Waals surface area (Å²) >= 11 is 0. The third-order valence-corrected chi connectivity index (χ3v) is 1.87. The Morgan fingerprint density at radius 1 is 1.31 bits per heavy atom. The highest BCUT2D eigenvalue weighted by Gasteiger charge is 2.01. The van der Waals surface area contributed by atoms with Crippen LogP contribution in [0.15, 0.2) is 40.5 Å². The lowest BCUT2D eigenvalue weighted by molar-refractivity contribution is -0.129. The van der Waals surface area contributed by atoms with E-state index in [1.54, 1.807) is 0 Å². The first-order chi connectivity index (χ1) is 7.59. The molecule has 0 fully saturated rings. The molecule has 0 atom stereocenters. The maximum Gasteiger partial charge on any atom is 0.351 e. The van der Waals surface area contributed by atoms with Gasteiger partial charge < -0.3 is 10.8 Å². The molecule has 0 aliphatic rings. The van der Waals surface area contributed by atoms with Crippen molar-refractivity contribution >= 4 is 17.5 Å². The number of hydrogen-bond acceptors (Lipinski definition) is 3. The van der Waals surface area contributed by atoms with Crippen LogP contribution in [0.4, 0.5) is 0 Å². The van der Waals surface area contributed by atoms with Gasteiger partial charge in [-0.15, -0.1) is 10.2 Å². The summed E-state index contributed by atoms with van der Waals surface area (Å²) in [6, 6.07) is 9.53. The smallest absolute Gasteiger partial charge is 0.351 e. The molecule has 5 heteroatoms. The number of rotatable bonds is 4. The van der Waals surface area contributed by atoms with E-state index in [1.807, 2.05) is 30.3 Å². The lowest BCUT2D eigenvalue weighted by Gasteiger charge is -1.98. The van der Waals surface area contributed by atoms with Gasteiger partial charge >= 0.3 is 5.97 Å². The number of nitrogens with two attached hydrogens (primary N) is 1. The number of aliphatic carboxylic acids is 1. The maximum absolute atomic E-state index is 10.4. The summed E-state index contributed by atoms with van der Waals surface area (Å²) < 4.78 is 0. The molecule has 0 unspecified atom stereocenters. The van der Waals surface area contributed by atoms with E-state index in [0.717, 1.165) is 5.56 Å². The van der Waals surface area contributed by atoms with Crippen LogP contribution in [0, 0.1) is 0 Å². The number of amidine groups is 1. The standard InChI is InChI=1S/C11H13N3O2/c1-8(11(15)16)13-14-10(12)7-9-5-3-2-4-6-9/h2-6H,7H2,1H3,(H2,12,14)(H,15,16)/b13-8+. The first kappa shape index (κ1) is 11.9. The Morgan fingerprint density at radius 2 is 1.94 bits per heavy atom. The van der Waals surface area contributed by atoms with Gasteiger partial charge in [-0.1, -0.05) is 30.3 Å². The lowest BCUT2D eigenvalue weighted by atomic mass is 10.1. The molecule has 1 aromatic rings. The van der Waals surface area contributed by atoms with Gasteiger partial charge in [0.1, 0.15) is 11.5 Å². The quantitative estimate of drug-likeness (QED) is 0.450. The van der Waals surface area contributed by atoms with E-state index < -0.39 is 5.97 Å². The molecule has 0 spiro atoms. The SMILES string of the molecule is C/C(=N\N=C(/N)Cc1ccccc1)C(=O)O. The van der Waals surface area contributed by atoms with Crippen LogP contribution < -0.4 is 5.73 Å². The number of carboxylic acid groups (broad SMARTS) is 1. The fourth-order valence-electron chi connectivity index (χ4n) is 1.02.